The van der Waals surface area contributed by atoms with Crippen LogP contribution < -0.4 is 5.32 Å². The average Bonchev–Trinajstić information content (AvgIpc) is 2.47. The summed E-state index contributed by atoms with van der Waals surface area (Å²) >= 11 is 0. The van der Waals surface area contributed by atoms with E-state index in [9.17, 15) is 9.59 Å². The third kappa shape index (κ3) is 5.47. The molecule has 122 valence electrons. The average molecular weight is 318 g/mol. The zero-order valence-corrected chi connectivity index (χ0v) is 13.8. The number of nitrogens with zero attached hydrogens (tertiary/aromatic N) is 2. The highest BCUT2D eigenvalue weighted by atomic mass is 35.5. The fourth-order valence-corrected chi connectivity index (χ4v) is 3.06. The number of hydrogen-bond donors (Lipinski definition) is 1. The highest BCUT2D eigenvalue weighted by Crippen LogP contribution is 2.14. The summed E-state index contributed by atoms with van der Waals surface area (Å²) in [4.78, 5) is 28.0. The maximum atomic E-state index is 12.3. The van der Waals surface area contributed by atoms with Crippen LogP contribution in [-0.2, 0) is 9.59 Å². The van der Waals surface area contributed by atoms with E-state index in [1.165, 1.54) is 6.42 Å². The first-order valence-electron chi connectivity index (χ1n) is 7.93. The Balaban J connectivity index is 0.00000220. The number of rotatable bonds is 3. The minimum Gasteiger partial charge on any atom is -0.341 e. The minimum atomic E-state index is 0. The number of likely N-dealkylation sites (tertiary alicyclic amines) is 2. The van der Waals surface area contributed by atoms with Gasteiger partial charge in [0.05, 0.1) is 6.54 Å². The largest absolute Gasteiger partial charge is 0.341 e. The number of piperidine rings is 1. The predicted molar refractivity (Wildman–Crippen MR) is 85.6 cm³/mol. The van der Waals surface area contributed by atoms with Crippen molar-refractivity contribution in [2.75, 3.05) is 33.2 Å². The van der Waals surface area contributed by atoms with Gasteiger partial charge in [-0.25, -0.2) is 0 Å². The zero-order chi connectivity index (χ0) is 14.4. The summed E-state index contributed by atoms with van der Waals surface area (Å²) in [5, 5.41) is 3.26. The Morgan fingerprint density at radius 3 is 2.48 bits per heavy atom. The SMILES string of the molecule is CNC1CCN(C(=O)CN2CCCCCCC2=O)CC1.Cl. The number of carbonyl (C=O) groups is 2. The molecule has 1 N–H and O–H groups in total. The Hall–Kier alpha value is -0.810. The summed E-state index contributed by atoms with van der Waals surface area (Å²) in [7, 11) is 1.97. The van der Waals surface area contributed by atoms with E-state index in [4.69, 9.17) is 0 Å². The molecule has 2 heterocycles. The van der Waals surface area contributed by atoms with Gasteiger partial charge in [0.15, 0.2) is 0 Å². The molecule has 0 aromatic heterocycles. The minimum absolute atomic E-state index is 0. The lowest BCUT2D eigenvalue weighted by Gasteiger charge is -2.33. The van der Waals surface area contributed by atoms with Crippen molar-refractivity contribution in [2.45, 2.75) is 51.0 Å². The molecule has 6 heteroatoms. The monoisotopic (exact) mass is 317 g/mol. The number of halogens is 1. The highest BCUT2D eigenvalue weighted by Gasteiger charge is 2.25. The van der Waals surface area contributed by atoms with Gasteiger partial charge in [-0.05, 0) is 32.7 Å². The molecule has 0 aromatic carbocycles. The quantitative estimate of drug-likeness (QED) is 0.856. The van der Waals surface area contributed by atoms with Crippen molar-refractivity contribution in [3.8, 4) is 0 Å². The first kappa shape index (κ1) is 18.2. The van der Waals surface area contributed by atoms with Crippen LogP contribution in [0.5, 0.6) is 0 Å². The predicted octanol–water partition coefficient (Wildman–Crippen LogP) is 1.41. The Kier molecular flexibility index (Phi) is 8.04. The van der Waals surface area contributed by atoms with Gasteiger partial charge in [-0.1, -0.05) is 12.8 Å². The molecule has 2 saturated heterocycles. The molecule has 0 atom stereocenters. The van der Waals surface area contributed by atoms with Gasteiger partial charge < -0.3 is 15.1 Å². The molecule has 0 saturated carbocycles. The van der Waals surface area contributed by atoms with Gasteiger partial charge >= 0.3 is 0 Å². The van der Waals surface area contributed by atoms with Crippen LogP contribution in [0.2, 0.25) is 0 Å². The van der Waals surface area contributed by atoms with Gasteiger partial charge in [-0.2, -0.15) is 0 Å². The molecule has 0 bridgehead atoms. The van der Waals surface area contributed by atoms with E-state index in [2.05, 4.69) is 5.32 Å². The van der Waals surface area contributed by atoms with Crippen LogP contribution in [0, 0.1) is 0 Å². The van der Waals surface area contributed by atoms with Gasteiger partial charge in [0.25, 0.3) is 0 Å². The molecule has 0 aromatic rings. The molecule has 21 heavy (non-hydrogen) atoms. The van der Waals surface area contributed by atoms with Gasteiger partial charge in [-0.15, -0.1) is 12.4 Å². The lowest BCUT2D eigenvalue weighted by Crippen LogP contribution is -2.48. The third-order valence-corrected chi connectivity index (χ3v) is 4.50. The van der Waals surface area contributed by atoms with Crippen LogP contribution in [0.3, 0.4) is 0 Å². The fraction of sp³-hybridized carbons (Fsp3) is 0.867. The van der Waals surface area contributed by atoms with Crippen LogP contribution in [0.15, 0.2) is 0 Å². The van der Waals surface area contributed by atoms with Crippen LogP contribution in [-0.4, -0.2) is 60.9 Å². The van der Waals surface area contributed by atoms with E-state index >= 15 is 0 Å². The van der Waals surface area contributed by atoms with Crippen molar-refractivity contribution < 1.29 is 9.59 Å². The number of amides is 2. The number of hydrogen-bond acceptors (Lipinski definition) is 3. The fourth-order valence-electron chi connectivity index (χ4n) is 3.06. The van der Waals surface area contributed by atoms with Crippen molar-refractivity contribution in [3.63, 3.8) is 0 Å². The van der Waals surface area contributed by atoms with Crippen molar-refractivity contribution in [1.82, 2.24) is 15.1 Å². The van der Waals surface area contributed by atoms with Crippen molar-refractivity contribution in [2.24, 2.45) is 0 Å². The second kappa shape index (κ2) is 9.26. The van der Waals surface area contributed by atoms with Gasteiger partial charge in [0.1, 0.15) is 0 Å². The van der Waals surface area contributed by atoms with E-state index < -0.39 is 0 Å². The number of carbonyl (C=O) groups excluding carboxylic acids is 2. The number of nitrogens with one attached hydrogen (secondary N) is 1. The standard InChI is InChI=1S/C15H27N3O2.ClH/c1-16-13-7-10-17(11-8-13)15(20)12-18-9-5-3-2-4-6-14(18)19;/h13,16H,2-12H2,1H3;1H. The third-order valence-electron chi connectivity index (χ3n) is 4.50. The van der Waals surface area contributed by atoms with E-state index in [-0.39, 0.29) is 30.8 Å². The van der Waals surface area contributed by atoms with E-state index in [0.717, 1.165) is 51.7 Å². The second-order valence-electron chi connectivity index (χ2n) is 5.92. The first-order chi connectivity index (χ1) is 9.70. The van der Waals surface area contributed by atoms with Crippen LogP contribution in [0.1, 0.15) is 44.9 Å². The lowest BCUT2D eigenvalue weighted by molar-refractivity contribution is -0.141. The van der Waals surface area contributed by atoms with Crippen molar-refractivity contribution in [1.29, 1.82) is 0 Å². The molecule has 0 unspecified atom stereocenters. The summed E-state index contributed by atoms with van der Waals surface area (Å²) in [5.41, 5.74) is 0. The van der Waals surface area contributed by atoms with Crippen LogP contribution >= 0.6 is 12.4 Å². The molecule has 5 nitrogen and oxygen atoms in total. The Labute approximate surface area is 133 Å². The van der Waals surface area contributed by atoms with Crippen molar-refractivity contribution >= 4 is 24.2 Å². The first-order valence-corrected chi connectivity index (χ1v) is 7.93. The maximum Gasteiger partial charge on any atom is 0.242 e. The highest BCUT2D eigenvalue weighted by molar-refractivity contribution is 5.85. The lowest BCUT2D eigenvalue weighted by atomic mass is 10.1. The van der Waals surface area contributed by atoms with Gasteiger partial charge in [-0.3, -0.25) is 9.59 Å². The summed E-state index contributed by atoms with van der Waals surface area (Å²) < 4.78 is 0. The second-order valence-corrected chi connectivity index (χ2v) is 5.92. The topological polar surface area (TPSA) is 52.7 Å². The molecule has 2 fully saturated rings. The molecular formula is C15H28ClN3O2. The van der Waals surface area contributed by atoms with E-state index in [1.54, 1.807) is 4.90 Å². The van der Waals surface area contributed by atoms with E-state index in [0.29, 0.717) is 12.5 Å². The Morgan fingerprint density at radius 2 is 1.81 bits per heavy atom. The molecule has 2 amide bonds. The van der Waals surface area contributed by atoms with Crippen LogP contribution in [0.25, 0.3) is 0 Å². The molecular weight excluding hydrogens is 290 g/mol. The Morgan fingerprint density at radius 1 is 1.14 bits per heavy atom. The summed E-state index contributed by atoms with van der Waals surface area (Å²) in [6.45, 7) is 2.65. The Bertz CT molecular complexity index is 344. The molecule has 2 aliphatic rings. The molecule has 0 spiro atoms. The summed E-state index contributed by atoms with van der Waals surface area (Å²) in [6.07, 6.45) is 6.94. The maximum absolute atomic E-state index is 12.3. The van der Waals surface area contributed by atoms with Gasteiger partial charge in [0, 0.05) is 32.1 Å². The summed E-state index contributed by atoms with van der Waals surface area (Å²) in [6, 6.07) is 0.530. The van der Waals surface area contributed by atoms with Gasteiger partial charge in [0.2, 0.25) is 11.8 Å². The zero-order valence-electron chi connectivity index (χ0n) is 13.0. The molecule has 0 radical (unpaired) electrons. The smallest absolute Gasteiger partial charge is 0.242 e. The molecule has 2 rings (SSSR count). The normalized spacial score (nSPS) is 21.5. The molecule has 2 aliphatic heterocycles. The summed E-state index contributed by atoms with van der Waals surface area (Å²) in [5.74, 6) is 0.275. The van der Waals surface area contributed by atoms with Crippen molar-refractivity contribution in [3.05, 3.63) is 0 Å². The van der Waals surface area contributed by atoms with Crippen LogP contribution in [0.4, 0.5) is 0 Å². The van der Waals surface area contributed by atoms with E-state index in [1.807, 2.05) is 11.9 Å². The molecule has 0 aliphatic carbocycles.